The zero-order valence-corrected chi connectivity index (χ0v) is 8.10. The van der Waals surface area contributed by atoms with Gasteiger partial charge in [-0.15, -0.1) is 0 Å². The molecule has 0 saturated heterocycles. The van der Waals surface area contributed by atoms with E-state index in [9.17, 15) is 0 Å². The van der Waals surface area contributed by atoms with E-state index >= 15 is 0 Å². The molecular weight excluding hydrogens is 147 g/mol. The summed E-state index contributed by atoms with van der Waals surface area (Å²) >= 11 is 0. The zero-order chi connectivity index (χ0) is 0. The second-order valence-electron chi connectivity index (χ2n) is 0. The molecule has 0 heterocycles. The fraction of sp³-hybridized carbons (Fsp3) is 0. The van der Waals surface area contributed by atoms with E-state index in [4.69, 9.17) is 0 Å². The molecule has 0 bridgehead atoms. The molecule has 0 N–H and O–H groups in total. The molecule has 0 amide bonds. The van der Waals surface area contributed by atoms with Gasteiger partial charge in [-0.2, -0.15) is 0 Å². The minimum atomic E-state index is 0. The number of rotatable bonds is 0. The van der Waals surface area contributed by atoms with Gasteiger partial charge in [0.05, 0.1) is 0 Å². The molecule has 0 spiro atoms. The standard InChI is InChI=1S/Ca.Mg.Mn.Si. The van der Waals surface area contributed by atoms with Gasteiger partial charge in [-0.05, 0) is 0 Å². The quantitative estimate of drug-likeness (QED) is 0.380. The summed E-state index contributed by atoms with van der Waals surface area (Å²) in [5.41, 5.74) is 0. The largest absolute Gasteiger partial charge is 0 e. The van der Waals surface area contributed by atoms with E-state index in [1.807, 2.05) is 0 Å². The van der Waals surface area contributed by atoms with Crippen molar-refractivity contribution in [3.05, 3.63) is 0 Å². The minimum absolute atomic E-state index is 0. The van der Waals surface area contributed by atoms with Gasteiger partial charge in [-0.3, -0.25) is 0 Å². The maximum atomic E-state index is 0. The predicted molar refractivity (Wildman–Crippen MR) is 17.3 cm³/mol. The van der Waals surface area contributed by atoms with Gasteiger partial charge in [0.2, 0.25) is 0 Å². The topological polar surface area (TPSA) is 0 Å². The fourth-order valence-electron chi connectivity index (χ4n) is 0. The van der Waals surface area contributed by atoms with E-state index in [0.717, 1.165) is 0 Å². The van der Waals surface area contributed by atoms with Crippen molar-refractivity contribution in [3.63, 3.8) is 0 Å². The molecule has 0 fully saturated rings. The van der Waals surface area contributed by atoms with Gasteiger partial charge in [0.15, 0.2) is 0 Å². The Labute approximate surface area is 87.1 Å². The molecule has 0 saturated carbocycles. The first kappa shape index (κ1) is 29.4. The smallest absolute Gasteiger partial charge is 0 e. The van der Waals surface area contributed by atoms with E-state index in [-0.39, 0.29) is 88.8 Å². The van der Waals surface area contributed by atoms with Crippen molar-refractivity contribution in [2.45, 2.75) is 0 Å². The van der Waals surface area contributed by atoms with Crippen molar-refractivity contribution in [3.8, 4) is 0 Å². The van der Waals surface area contributed by atoms with Gasteiger partial charge < -0.3 is 0 Å². The molecule has 0 unspecified atom stereocenters. The van der Waals surface area contributed by atoms with E-state index in [0.29, 0.717) is 0 Å². The number of hydrogen-bond acceptors (Lipinski definition) is 0. The van der Waals surface area contributed by atoms with Gasteiger partial charge in [-0.1, -0.05) is 0 Å². The Morgan fingerprint density at radius 2 is 1.00 bits per heavy atom. The summed E-state index contributed by atoms with van der Waals surface area (Å²) in [5.74, 6) is 0. The average Bonchev–Trinajstić information content (AvgIpc) is 0. The molecule has 0 aliphatic heterocycles. The van der Waals surface area contributed by atoms with Crippen LogP contribution in [0.1, 0.15) is 0 Å². The monoisotopic (exact) mass is 147 g/mol. The Kier molecular flexibility index (Phi) is 126. The second kappa shape index (κ2) is 17.1. The molecule has 9 radical (unpaired) electrons. The van der Waals surface area contributed by atoms with E-state index in [1.165, 1.54) is 0 Å². The van der Waals surface area contributed by atoms with Crippen molar-refractivity contribution in [1.82, 2.24) is 0 Å². The summed E-state index contributed by atoms with van der Waals surface area (Å²) in [7, 11) is 0. The van der Waals surface area contributed by atoms with Crippen LogP contribution in [0, 0.1) is 0 Å². The van der Waals surface area contributed by atoms with Gasteiger partial charge >= 0.3 is 0 Å². The van der Waals surface area contributed by atoms with Crippen LogP contribution >= 0.6 is 0 Å². The van der Waals surface area contributed by atoms with Crippen LogP contribution in [-0.4, -0.2) is 71.8 Å². The molecule has 0 nitrogen and oxygen atoms in total. The Hall–Kier alpha value is 2.76. The van der Waals surface area contributed by atoms with Crippen molar-refractivity contribution >= 4 is 71.8 Å². The van der Waals surface area contributed by atoms with Gasteiger partial charge in [-0.25, -0.2) is 0 Å². The first-order chi connectivity index (χ1) is 0. The normalized spacial score (nSPS) is 0. The van der Waals surface area contributed by atoms with Crippen LogP contribution in [0.5, 0.6) is 0 Å². The fourth-order valence-corrected chi connectivity index (χ4v) is 0. The van der Waals surface area contributed by atoms with Crippen LogP contribution in [0.2, 0.25) is 0 Å². The van der Waals surface area contributed by atoms with Crippen LogP contribution in [0.25, 0.3) is 0 Å². The molecule has 4 heavy (non-hydrogen) atoms. The third-order valence-electron chi connectivity index (χ3n) is 0. The van der Waals surface area contributed by atoms with E-state index < -0.39 is 0 Å². The van der Waals surface area contributed by atoms with Crippen LogP contribution < -0.4 is 0 Å². The summed E-state index contributed by atoms with van der Waals surface area (Å²) in [6, 6.07) is 0. The Bertz CT molecular complexity index is 8.00. The van der Waals surface area contributed by atoms with Crippen LogP contribution in [0.15, 0.2) is 0 Å². The van der Waals surface area contributed by atoms with Crippen molar-refractivity contribution in [2.75, 3.05) is 0 Å². The van der Waals surface area contributed by atoms with Crippen LogP contribution in [0.4, 0.5) is 0 Å². The molecule has 0 aliphatic rings. The molecular formula is CaMgMnSi. The zero-order valence-electron chi connectivity index (χ0n) is 2.29. The third kappa shape index (κ3) is 8.83. The molecule has 0 aromatic heterocycles. The third-order valence-corrected chi connectivity index (χ3v) is 0. The molecule has 0 atom stereocenters. The maximum absolute atomic E-state index is 0. The molecule has 0 rings (SSSR count). The van der Waals surface area contributed by atoms with Crippen molar-refractivity contribution in [1.29, 1.82) is 0 Å². The Morgan fingerprint density at radius 1 is 1.00 bits per heavy atom. The van der Waals surface area contributed by atoms with Gasteiger partial charge in [0.25, 0.3) is 0 Å². The Morgan fingerprint density at radius 3 is 1.00 bits per heavy atom. The predicted octanol–water partition coefficient (Wildman–Crippen LogP) is -1.14. The van der Waals surface area contributed by atoms with Crippen molar-refractivity contribution in [2.24, 2.45) is 0 Å². The SMILES string of the molecule is [Ca].[Mg].[Mn].[Si]. The summed E-state index contributed by atoms with van der Waals surface area (Å²) in [5, 5.41) is 0. The first-order valence-corrected chi connectivity index (χ1v) is 0. The minimum Gasteiger partial charge on any atom is 0 e. The van der Waals surface area contributed by atoms with E-state index in [1.54, 1.807) is 0 Å². The summed E-state index contributed by atoms with van der Waals surface area (Å²) in [4.78, 5) is 0. The summed E-state index contributed by atoms with van der Waals surface area (Å²) in [6.07, 6.45) is 0. The van der Waals surface area contributed by atoms with Crippen LogP contribution in [-0.2, 0) is 17.1 Å². The van der Waals surface area contributed by atoms with E-state index in [2.05, 4.69) is 0 Å². The Balaban J connectivity index is 0. The average molecular weight is 147 g/mol. The first-order valence-electron chi connectivity index (χ1n) is 0. The summed E-state index contributed by atoms with van der Waals surface area (Å²) < 4.78 is 0. The molecule has 0 aromatic rings. The molecule has 15 valence electrons. The van der Waals surface area contributed by atoms with Crippen LogP contribution in [0.3, 0.4) is 0 Å². The second-order valence-corrected chi connectivity index (χ2v) is 0. The molecule has 0 aliphatic carbocycles. The summed E-state index contributed by atoms with van der Waals surface area (Å²) in [6.45, 7) is 0. The maximum Gasteiger partial charge on any atom is 0 e. The van der Waals surface area contributed by atoms with Crippen molar-refractivity contribution < 1.29 is 17.1 Å². The molecule has 0 aromatic carbocycles. The van der Waals surface area contributed by atoms with Gasteiger partial charge in [0.1, 0.15) is 0 Å². The van der Waals surface area contributed by atoms with Gasteiger partial charge in [0, 0.05) is 88.8 Å². The molecule has 4 heteroatoms. The number of hydrogen-bond donors (Lipinski definition) is 0.